The highest BCUT2D eigenvalue weighted by molar-refractivity contribution is 5.38. The van der Waals surface area contributed by atoms with Gasteiger partial charge in [0.2, 0.25) is 0 Å². The summed E-state index contributed by atoms with van der Waals surface area (Å²) in [6.07, 6.45) is 2.66. The maximum absolute atomic E-state index is 6.00. The molecule has 1 aliphatic rings. The van der Waals surface area contributed by atoms with Gasteiger partial charge in [0.05, 0.1) is 11.7 Å². The molecule has 0 spiro atoms. The Morgan fingerprint density at radius 2 is 2.32 bits per heavy atom. The SMILES string of the molecule is CCn1nccc1C(NN)C1Cc2ccccc2O1. The summed E-state index contributed by atoms with van der Waals surface area (Å²) in [5.74, 6) is 6.69. The van der Waals surface area contributed by atoms with E-state index in [0.717, 1.165) is 24.4 Å². The van der Waals surface area contributed by atoms with E-state index in [1.165, 1.54) is 5.56 Å². The van der Waals surface area contributed by atoms with Crippen molar-refractivity contribution < 1.29 is 4.74 Å². The highest BCUT2D eigenvalue weighted by Gasteiger charge is 2.32. The Morgan fingerprint density at radius 1 is 1.47 bits per heavy atom. The molecule has 1 aromatic carbocycles. The fourth-order valence-corrected chi connectivity index (χ4v) is 2.65. The molecule has 2 unspecified atom stereocenters. The average Bonchev–Trinajstić information content (AvgIpc) is 3.05. The summed E-state index contributed by atoms with van der Waals surface area (Å²) in [6.45, 7) is 2.88. The molecule has 1 aliphatic heterocycles. The van der Waals surface area contributed by atoms with Gasteiger partial charge in [-0.1, -0.05) is 18.2 Å². The van der Waals surface area contributed by atoms with Crippen molar-refractivity contribution in [2.45, 2.75) is 32.0 Å². The lowest BCUT2D eigenvalue weighted by atomic mass is 10.0. The second-order valence-electron chi connectivity index (χ2n) is 4.68. The summed E-state index contributed by atoms with van der Waals surface area (Å²) in [5.41, 5.74) is 5.16. The van der Waals surface area contributed by atoms with Crippen molar-refractivity contribution in [2.75, 3.05) is 0 Å². The molecule has 0 bridgehead atoms. The van der Waals surface area contributed by atoms with Gasteiger partial charge in [0.25, 0.3) is 0 Å². The van der Waals surface area contributed by atoms with E-state index in [-0.39, 0.29) is 12.1 Å². The topological polar surface area (TPSA) is 65.1 Å². The summed E-state index contributed by atoms with van der Waals surface area (Å²) in [5, 5.41) is 4.29. The summed E-state index contributed by atoms with van der Waals surface area (Å²) >= 11 is 0. The van der Waals surface area contributed by atoms with Gasteiger partial charge in [0.15, 0.2) is 0 Å². The van der Waals surface area contributed by atoms with E-state index in [2.05, 4.69) is 23.5 Å². The summed E-state index contributed by atoms with van der Waals surface area (Å²) < 4.78 is 7.94. The Hall–Kier alpha value is -1.85. The molecular formula is C14H18N4O. The highest BCUT2D eigenvalue weighted by atomic mass is 16.5. The third-order valence-electron chi connectivity index (χ3n) is 3.59. The van der Waals surface area contributed by atoms with Crippen molar-refractivity contribution in [3.8, 4) is 5.75 Å². The first-order chi connectivity index (χ1) is 9.33. The van der Waals surface area contributed by atoms with Crippen LogP contribution in [0.4, 0.5) is 0 Å². The lowest BCUT2D eigenvalue weighted by Crippen LogP contribution is -2.40. The molecule has 5 nitrogen and oxygen atoms in total. The number of nitrogens with zero attached hydrogens (tertiary/aromatic N) is 2. The molecule has 0 saturated carbocycles. The number of hydrogen-bond donors (Lipinski definition) is 2. The zero-order valence-corrected chi connectivity index (χ0v) is 10.9. The third-order valence-corrected chi connectivity index (χ3v) is 3.59. The van der Waals surface area contributed by atoms with E-state index in [1.54, 1.807) is 6.20 Å². The number of nitrogens with one attached hydrogen (secondary N) is 1. The number of hydrogen-bond acceptors (Lipinski definition) is 4. The minimum Gasteiger partial charge on any atom is -0.488 e. The molecule has 0 amide bonds. The number of fused-ring (bicyclic) bond motifs is 1. The van der Waals surface area contributed by atoms with E-state index in [0.29, 0.717) is 0 Å². The first-order valence-electron chi connectivity index (χ1n) is 6.56. The van der Waals surface area contributed by atoms with Gasteiger partial charge in [0.1, 0.15) is 11.9 Å². The molecule has 2 aromatic rings. The van der Waals surface area contributed by atoms with Crippen LogP contribution in [0.15, 0.2) is 36.5 Å². The summed E-state index contributed by atoms with van der Waals surface area (Å²) in [4.78, 5) is 0. The number of ether oxygens (including phenoxy) is 1. The molecule has 2 heterocycles. The average molecular weight is 258 g/mol. The fourth-order valence-electron chi connectivity index (χ4n) is 2.65. The van der Waals surface area contributed by atoms with Crippen molar-refractivity contribution in [3.63, 3.8) is 0 Å². The zero-order chi connectivity index (χ0) is 13.2. The Kier molecular flexibility index (Phi) is 3.23. The van der Waals surface area contributed by atoms with Crippen molar-refractivity contribution in [1.82, 2.24) is 15.2 Å². The number of benzene rings is 1. The predicted molar refractivity (Wildman–Crippen MR) is 72.5 cm³/mol. The van der Waals surface area contributed by atoms with Gasteiger partial charge < -0.3 is 4.74 Å². The van der Waals surface area contributed by atoms with Crippen LogP contribution in [-0.2, 0) is 13.0 Å². The number of aryl methyl sites for hydroxylation is 1. The minimum absolute atomic E-state index is 0.00407. The fraction of sp³-hybridized carbons (Fsp3) is 0.357. The monoisotopic (exact) mass is 258 g/mol. The van der Waals surface area contributed by atoms with Crippen LogP contribution in [0.3, 0.4) is 0 Å². The summed E-state index contributed by atoms with van der Waals surface area (Å²) in [7, 11) is 0. The van der Waals surface area contributed by atoms with Gasteiger partial charge in [-0.25, -0.2) is 5.43 Å². The van der Waals surface area contributed by atoms with Crippen LogP contribution in [0.5, 0.6) is 5.75 Å². The largest absolute Gasteiger partial charge is 0.488 e. The lowest BCUT2D eigenvalue weighted by Gasteiger charge is -2.23. The van der Waals surface area contributed by atoms with Crippen LogP contribution in [0.2, 0.25) is 0 Å². The van der Waals surface area contributed by atoms with Crippen LogP contribution in [0.25, 0.3) is 0 Å². The first-order valence-corrected chi connectivity index (χ1v) is 6.56. The van der Waals surface area contributed by atoms with E-state index in [9.17, 15) is 0 Å². The second kappa shape index (κ2) is 5.03. The van der Waals surface area contributed by atoms with Gasteiger partial charge >= 0.3 is 0 Å². The van der Waals surface area contributed by atoms with Crippen molar-refractivity contribution in [1.29, 1.82) is 0 Å². The standard InChI is InChI=1S/C14H18N4O/c1-2-18-11(7-8-16-18)14(17-15)13-9-10-5-3-4-6-12(10)19-13/h3-8,13-14,17H,2,9,15H2,1H3. The number of para-hydroxylation sites is 1. The predicted octanol–water partition coefficient (Wildman–Crippen LogP) is 1.41. The van der Waals surface area contributed by atoms with Gasteiger partial charge in [-0.15, -0.1) is 0 Å². The molecule has 1 aromatic heterocycles. The molecule has 0 aliphatic carbocycles. The smallest absolute Gasteiger partial charge is 0.125 e. The lowest BCUT2D eigenvalue weighted by molar-refractivity contribution is 0.173. The second-order valence-corrected chi connectivity index (χ2v) is 4.68. The molecule has 5 heteroatoms. The van der Waals surface area contributed by atoms with Crippen molar-refractivity contribution in [2.24, 2.45) is 5.84 Å². The van der Waals surface area contributed by atoms with Gasteiger partial charge in [-0.3, -0.25) is 10.5 Å². The minimum atomic E-state index is -0.0603. The van der Waals surface area contributed by atoms with Gasteiger partial charge in [-0.05, 0) is 24.6 Å². The van der Waals surface area contributed by atoms with Crippen LogP contribution in [0, 0.1) is 0 Å². The third kappa shape index (κ3) is 2.11. The summed E-state index contributed by atoms with van der Waals surface area (Å²) in [6, 6.07) is 10.0. The Labute approximate surface area is 112 Å². The number of hydrazine groups is 1. The number of rotatable bonds is 4. The van der Waals surface area contributed by atoms with E-state index >= 15 is 0 Å². The van der Waals surface area contributed by atoms with Gasteiger partial charge in [0, 0.05) is 19.2 Å². The molecule has 0 saturated heterocycles. The molecular weight excluding hydrogens is 240 g/mol. The molecule has 100 valence electrons. The molecule has 0 fully saturated rings. The normalized spacial score (nSPS) is 18.9. The Balaban J connectivity index is 1.86. The van der Waals surface area contributed by atoms with Gasteiger partial charge in [-0.2, -0.15) is 5.10 Å². The maximum atomic E-state index is 6.00. The van der Waals surface area contributed by atoms with Crippen molar-refractivity contribution in [3.05, 3.63) is 47.8 Å². The molecule has 0 radical (unpaired) electrons. The zero-order valence-electron chi connectivity index (χ0n) is 10.9. The first kappa shape index (κ1) is 12.2. The molecule has 3 N–H and O–H groups in total. The number of nitrogens with two attached hydrogens (primary N) is 1. The quantitative estimate of drug-likeness (QED) is 0.643. The van der Waals surface area contributed by atoms with E-state index in [1.807, 2.05) is 28.9 Å². The van der Waals surface area contributed by atoms with E-state index in [4.69, 9.17) is 10.6 Å². The molecule has 3 rings (SSSR count). The highest BCUT2D eigenvalue weighted by Crippen LogP contribution is 2.33. The molecule has 19 heavy (non-hydrogen) atoms. The van der Waals surface area contributed by atoms with Crippen LogP contribution >= 0.6 is 0 Å². The number of aromatic nitrogens is 2. The van der Waals surface area contributed by atoms with Crippen LogP contribution < -0.4 is 16.0 Å². The maximum Gasteiger partial charge on any atom is 0.125 e. The Bertz CT molecular complexity index is 541. The van der Waals surface area contributed by atoms with E-state index < -0.39 is 0 Å². The van der Waals surface area contributed by atoms with Crippen LogP contribution in [-0.4, -0.2) is 15.9 Å². The van der Waals surface area contributed by atoms with Crippen molar-refractivity contribution >= 4 is 0 Å². The molecule has 2 atom stereocenters. The Morgan fingerprint density at radius 3 is 3.05 bits per heavy atom. The van der Waals surface area contributed by atoms with Crippen LogP contribution in [0.1, 0.15) is 24.2 Å².